The van der Waals surface area contributed by atoms with Gasteiger partial charge < -0.3 is 18.9 Å². The highest BCUT2D eigenvalue weighted by molar-refractivity contribution is 6.05. The number of esters is 1. The Bertz CT molecular complexity index is 2000. The second-order valence-electron chi connectivity index (χ2n) is 14.2. The molecule has 6 rings (SSSR count). The maximum absolute atomic E-state index is 16.2. The zero-order valence-electron chi connectivity index (χ0n) is 29.7. The standard InChI is InChI=1S/C39H47F2N5O3/c1-25-34(26(2)44(7)42-25)35-32(41)16-15-31-30(11-9-23-48-33-12-8-10-27-24-28(40)13-14-29(27)33)37(38(47)49-39(3,4)5)46(36(31)35)22-21-45-19-17-43(6)18-20-45/h8,10,12-16,24H,9,11,17-23H2,1-7H3. The van der Waals surface area contributed by atoms with Crippen molar-refractivity contribution in [2.24, 2.45) is 7.05 Å². The Kier molecular flexibility index (Phi) is 9.82. The number of benzene rings is 3. The fraction of sp³-hybridized carbons (Fsp3) is 0.436. The molecule has 10 heteroatoms. The maximum atomic E-state index is 16.2. The van der Waals surface area contributed by atoms with Crippen molar-refractivity contribution >= 4 is 27.6 Å². The van der Waals surface area contributed by atoms with Gasteiger partial charge in [-0.2, -0.15) is 5.10 Å². The molecule has 1 aliphatic heterocycles. The number of rotatable bonds is 10. The van der Waals surface area contributed by atoms with Crippen LogP contribution in [0.15, 0.2) is 48.5 Å². The summed E-state index contributed by atoms with van der Waals surface area (Å²) in [7, 11) is 3.99. The van der Waals surface area contributed by atoms with E-state index in [-0.39, 0.29) is 11.6 Å². The Balaban J connectivity index is 1.44. The van der Waals surface area contributed by atoms with E-state index in [1.807, 2.05) is 64.4 Å². The molecule has 0 amide bonds. The van der Waals surface area contributed by atoms with Crippen LogP contribution in [0.3, 0.4) is 0 Å². The van der Waals surface area contributed by atoms with Gasteiger partial charge in [-0.25, -0.2) is 13.6 Å². The van der Waals surface area contributed by atoms with Gasteiger partial charge in [0, 0.05) is 73.9 Å². The van der Waals surface area contributed by atoms with E-state index in [1.54, 1.807) is 16.8 Å². The summed E-state index contributed by atoms with van der Waals surface area (Å²) in [5.74, 6) is -0.412. The van der Waals surface area contributed by atoms with Crippen molar-refractivity contribution in [2.45, 2.75) is 59.6 Å². The minimum Gasteiger partial charge on any atom is -0.493 e. The molecule has 0 radical (unpaired) electrons. The first-order valence-corrected chi connectivity index (χ1v) is 17.1. The molecule has 0 spiro atoms. The molecule has 3 heterocycles. The molecule has 0 bridgehead atoms. The van der Waals surface area contributed by atoms with E-state index < -0.39 is 11.6 Å². The highest BCUT2D eigenvalue weighted by atomic mass is 19.1. The summed E-state index contributed by atoms with van der Waals surface area (Å²) < 4.78 is 46.2. The molecule has 49 heavy (non-hydrogen) atoms. The van der Waals surface area contributed by atoms with E-state index >= 15 is 4.39 Å². The lowest BCUT2D eigenvalue weighted by molar-refractivity contribution is 0.00560. The molecular formula is C39H47F2N5O3. The molecule has 1 fully saturated rings. The fourth-order valence-electron chi connectivity index (χ4n) is 7.00. The molecule has 5 aromatic rings. The van der Waals surface area contributed by atoms with Crippen molar-refractivity contribution in [3.63, 3.8) is 0 Å². The minimum absolute atomic E-state index is 0.296. The monoisotopic (exact) mass is 671 g/mol. The van der Waals surface area contributed by atoms with Gasteiger partial charge in [0.1, 0.15) is 28.7 Å². The lowest BCUT2D eigenvalue weighted by atomic mass is 9.98. The summed E-state index contributed by atoms with van der Waals surface area (Å²) in [5, 5.41) is 7.04. The van der Waals surface area contributed by atoms with Crippen LogP contribution in [0.1, 0.15) is 54.6 Å². The Morgan fingerprint density at radius 3 is 2.35 bits per heavy atom. The number of carbonyl (C=O) groups excluding carboxylic acids is 1. The lowest BCUT2D eigenvalue weighted by Gasteiger charge is -2.32. The van der Waals surface area contributed by atoms with Crippen LogP contribution in [-0.4, -0.2) is 82.1 Å². The summed E-state index contributed by atoms with van der Waals surface area (Å²) >= 11 is 0. The Morgan fingerprint density at radius 1 is 0.918 bits per heavy atom. The molecule has 0 saturated carbocycles. The lowest BCUT2D eigenvalue weighted by Crippen LogP contribution is -2.45. The normalized spacial score (nSPS) is 14.6. The summed E-state index contributed by atoms with van der Waals surface area (Å²) in [6.45, 7) is 14.8. The molecule has 0 aliphatic carbocycles. The molecule has 0 N–H and O–H groups in total. The number of carbonyl (C=O) groups is 1. The van der Waals surface area contributed by atoms with Gasteiger partial charge in [-0.15, -0.1) is 0 Å². The first-order valence-electron chi connectivity index (χ1n) is 17.1. The van der Waals surface area contributed by atoms with Crippen molar-refractivity contribution < 1.29 is 23.0 Å². The summed E-state index contributed by atoms with van der Waals surface area (Å²) in [4.78, 5) is 18.9. The van der Waals surface area contributed by atoms with E-state index in [4.69, 9.17) is 9.47 Å². The van der Waals surface area contributed by atoms with Gasteiger partial charge in [-0.1, -0.05) is 12.1 Å². The summed E-state index contributed by atoms with van der Waals surface area (Å²) in [6.07, 6.45) is 1.09. The Morgan fingerprint density at radius 2 is 1.65 bits per heavy atom. The number of aromatic nitrogens is 3. The van der Waals surface area contributed by atoms with Crippen LogP contribution in [0.2, 0.25) is 0 Å². The number of hydrogen-bond donors (Lipinski definition) is 0. The highest BCUT2D eigenvalue weighted by Crippen LogP contribution is 2.40. The molecule has 260 valence electrons. The second kappa shape index (κ2) is 13.9. The van der Waals surface area contributed by atoms with Crippen molar-refractivity contribution in [1.29, 1.82) is 0 Å². The Hall–Kier alpha value is -4.28. The average molecular weight is 672 g/mol. The van der Waals surface area contributed by atoms with Crippen LogP contribution in [-0.2, 0) is 24.8 Å². The first kappa shape index (κ1) is 34.6. The molecular weight excluding hydrogens is 624 g/mol. The van der Waals surface area contributed by atoms with Gasteiger partial charge in [-0.3, -0.25) is 9.58 Å². The highest BCUT2D eigenvalue weighted by Gasteiger charge is 2.31. The molecule has 3 aromatic carbocycles. The number of piperazine rings is 1. The third-order valence-corrected chi connectivity index (χ3v) is 9.50. The van der Waals surface area contributed by atoms with Crippen LogP contribution < -0.4 is 4.74 Å². The van der Waals surface area contributed by atoms with E-state index in [9.17, 15) is 9.18 Å². The van der Waals surface area contributed by atoms with E-state index in [1.165, 1.54) is 18.2 Å². The van der Waals surface area contributed by atoms with Crippen LogP contribution in [0, 0.1) is 25.5 Å². The third kappa shape index (κ3) is 7.21. The molecule has 8 nitrogen and oxygen atoms in total. The molecule has 1 aliphatic rings. The van der Waals surface area contributed by atoms with Gasteiger partial charge in [0.05, 0.1) is 17.8 Å². The molecule has 1 saturated heterocycles. The zero-order valence-corrected chi connectivity index (χ0v) is 29.7. The number of hydrogen-bond acceptors (Lipinski definition) is 6. The first-order chi connectivity index (χ1) is 23.3. The number of aryl methyl sites for hydroxylation is 3. The predicted octanol–water partition coefficient (Wildman–Crippen LogP) is 7.30. The predicted molar refractivity (Wildman–Crippen MR) is 190 cm³/mol. The van der Waals surface area contributed by atoms with Crippen molar-refractivity contribution in [2.75, 3.05) is 46.4 Å². The number of halogens is 2. The van der Waals surface area contributed by atoms with Crippen LogP contribution >= 0.6 is 0 Å². The average Bonchev–Trinajstić information content (AvgIpc) is 3.49. The van der Waals surface area contributed by atoms with Gasteiger partial charge in [-0.05, 0) is 102 Å². The van der Waals surface area contributed by atoms with Crippen molar-refractivity contribution in [3.05, 3.63) is 82.8 Å². The van der Waals surface area contributed by atoms with Crippen molar-refractivity contribution in [1.82, 2.24) is 24.1 Å². The number of nitrogens with zero attached hydrogens (tertiary/aromatic N) is 5. The van der Waals surface area contributed by atoms with Gasteiger partial charge in [0.2, 0.25) is 0 Å². The molecule has 0 atom stereocenters. The van der Waals surface area contributed by atoms with E-state index in [0.29, 0.717) is 55.1 Å². The van der Waals surface area contributed by atoms with Gasteiger partial charge in [0.15, 0.2) is 0 Å². The zero-order chi connectivity index (χ0) is 35.0. The van der Waals surface area contributed by atoms with E-state index in [2.05, 4.69) is 21.9 Å². The summed E-state index contributed by atoms with van der Waals surface area (Å²) in [5.41, 5.74) is 3.98. The molecule has 0 unspecified atom stereocenters. The van der Waals surface area contributed by atoms with Crippen LogP contribution in [0.25, 0.3) is 32.8 Å². The van der Waals surface area contributed by atoms with Crippen LogP contribution in [0.5, 0.6) is 5.75 Å². The van der Waals surface area contributed by atoms with E-state index in [0.717, 1.165) is 64.9 Å². The maximum Gasteiger partial charge on any atom is 0.355 e. The molecule has 2 aromatic heterocycles. The number of ether oxygens (including phenoxy) is 2. The number of fused-ring (bicyclic) bond motifs is 2. The Labute approximate surface area is 287 Å². The third-order valence-electron chi connectivity index (χ3n) is 9.50. The quantitative estimate of drug-likeness (QED) is 0.115. The largest absolute Gasteiger partial charge is 0.493 e. The van der Waals surface area contributed by atoms with Gasteiger partial charge >= 0.3 is 5.97 Å². The van der Waals surface area contributed by atoms with Crippen LogP contribution in [0.4, 0.5) is 8.78 Å². The second-order valence-corrected chi connectivity index (χ2v) is 14.2. The SMILES string of the molecule is Cc1nn(C)c(C)c1-c1c(F)ccc2c(CCCOc3cccc4cc(F)ccc34)c(C(=O)OC(C)(C)C)n(CCN3CCN(C)CC3)c12. The van der Waals surface area contributed by atoms with Crippen molar-refractivity contribution in [3.8, 4) is 16.9 Å². The van der Waals surface area contributed by atoms with Gasteiger partial charge in [0.25, 0.3) is 0 Å². The smallest absolute Gasteiger partial charge is 0.355 e. The minimum atomic E-state index is -0.728. The fourth-order valence-corrected chi connectivity index (χ4v) is 7.00. The summed E-state index contributed by atoms with van der Waals surface area (Å²) in [6, 6.07) is 13.5. The topological polar surface area (TPSA) is 64.8 Å². The number of likely N-dealkylation sites (N-methyl/N-ethyl adjacent to an activating group) is 1.